The van der Waals surface area contributed by atoms with Crippen molar-refractivity contribution in [2.24, 2.45) is 17.2 Å². The van der Waals surface area contributed by atoms with Crippen molar-refractivity contribution in [1.29, 1.82) is 0 Å². The maximum atomic E-state index is 12.7. The third kappa shape index (κ3) is 5.84. The quantitative estimate of drug-likeness (QED) is 0.168. The Morgan fingerprint density at radius 2 is 1.77 bits per heavy atom. The smallest absolute Gasteiger partial charge is 0.329 e. The molecule has 30 heavy (non-hydrogen) atoms. The number of carboxylic acids is 1. The average molecular weight is 436 g/mol. The van der Waals surface area contributed by atoms with Crippen LogP contribution in [0.1, 0.15) is 20.3 Å². The molecule has 172 valence electrons. The predicted molar refractivity (Wildman–Crippen MR) is 97.0 cm³/mol. The number of hydrogen-bond acceptors (Lipinski definition) is 11. The number of aliphatic hydroxyl groups excluding tert-OH is 3. The van der Waals surface area contributed by atoms with Gasteiger partial charge in [-0.05, 0) is 6.92 Å². The topological polar surface area (TPSA) is 249 Å². The number of nitrogens with zero attached hydrogens (tertiary/aromatic N) is 1. The van der Waals surface area contributed by atoms with E-state index in [0.717, 1.165) is 6.92 Å². The highest BCUT2D eigenvalue weighted by Crippen LogP contribution is 2.25. The Morgan fingerprint density at radius 1 is 1.20 bits per heavy atom. The highest BCUT2D eigenvalue weighted by Gasteiger charge is 2.49. The van der Waals surface area contributed by atoms with Crippen LogP contribution in [-0.2, 0) is 28.7 Å². The summed E-state index contributed by atoms with van der Waals surface area (Å²) >= 11 is 0. The molecule has 14 nitrogen and oxygen atoms in total. The largest absolute Gasteiger partial charge is 0.480 e. The fraction of sp³-hybridized carbons (Fsp3) is 0.750. The Bertz CT molecular complexity index is 660. The lowest BCUT2D eigenvalue weighted by molar-refractivity contribution is -0.233. The summed E-state index contributed by atoms with van der Waals surface area (Å²) in [6.07, 6.45) is -8.22. The van der Waals surface area contributed by atoms with E-state index in [1.54, 1.807) is 0 Å². The van der Waals surface area contributed by atoms with E-state index in [1.807, 2.05) is 0 Å². The molecule has 0 saturated carbocycles. The van der Waals surface area contributed by atoms with Crippen molar-refractivity contribution in [3.05, 3.63) is 0 Å². The third-order valence-corrected chi connectivity index (χ3v) is 4.68. The Labute approximate surface area is 171 Å². The van der Waals surface area contributed by atoms with Crippen molar-refractivity contribution in [3.63, 3.8) is 0 Å². The van der Waals surface area contributed by atoms with Gasteiger partial charge in [0, 0.05) is 6.92 Å². The number of nitrogens with two attached hydrogens (primary N) is 3. The standard InChI is InChI=1S/C16H28N4O10/c1-5(10(18)15(26)27)29-16(28)7(3-9(17)23)20(6(2)22)14-11(19)13(25)12(24)8(4-21)30-14/h5,7-8,10-14,21,24-25H,3-4,18-19H2,1-2H3,(H2,17,23)(H,26,27)/t5-,7+,8+,10+,11+,12+,13+,14?/m1/s1. The predicted octanol–water partition coefficient (Wildman–Crippen LogP) is -4.81. The molecular formula is C16H28N4O10. The number of carbonyl (C=O) groups is 4. The first-order valence-electron chi connectivity index (χ1n) is 8.97. The van der Waals surface area contributed by atoms with Gasteiger partial charge in [0.05, 0.1) is 19.1 Å². The van der Waals surface area contributed by atoms with Gasteiger partial charge in [0.25, 0.3) is 0 Å². The van der Waals surface area contributed by atoms with Crippen molar-refractivity contribution >= 4 is 23.8 Å². The Kier molecular flexibility index (Phi) is 9.08. The molecule has 1 unspecified atom stereocenters. The monoisotopic (exact) mass is 436 g/mol. The summed E-state index contributed by atoms with van der Waals surface area (Å²) in [5, 5.41) is 38.3. The number of amides is 2. The lowest BCUT2D eigenvalue weighted by atomic mass is 9.95. The zero-order valence-corrected chi connectivity index (χ0v) is 16.5. The number of carboxylic acid groups (broad SMARTS) is 1. The molecule has 0 aromatic carbocycles. The van der Waals surface area contributed by atoms with E-state index in [9.17, 15) is 34.5 Å². The summed E-state index contributed by atoms with van der Waals surface area (Å²) in [6, 6.07) is -4.73. The number of esters is 1. The number of carbonyl (C=O) groups excluding carboxylic acids is 3. The summed E-state index contributed by atoms with van der Waals surface area (Å²) in [6.45, 7) is 1.46. The zero-order chi connectivity index (χ0) is 23.3. The van der Waals surface area contributed by atoms with E-state index >= 15 is 0 Å². The minimum Gasteiger partial charge on any atom is -0.480 e. The van der Waals surface area contributed by atoms with Crippen LogP contribution in [0.4, 0.5) is 0 Å². The summed E-state index contributed by atoms with van der Waals surface area (Å²) in [5.74, 6) is -4.52. The maximum absolute atomic E-state index is 12.7. The summed E-state index contributed by atoms with van der Waals surface area (Å²) in [5.41, 5.74) is 16.4. The molecule has 0 spiro atoms. The number of rotatable bonds is 9. The first-order chi connectivity index (χ1) is 13.8. The molecule has 0 radical (unpaired) electrons. The number of aliphatic hydroxyl groups is 3. The lowest BCUT2D eigenvalue weighted by Crippen LogP contribution is -2.69. The molecule has 1 rings (SSSR count). The van der Waals surface area contributed by atoms with Crippen LogP contribution in [-0.4, -0.2) is 104 Å². The molecule has 0 aliphatic carbocycles. The average Bonchev–Trinajstić information content (AvgIpc) is 2.65. The van der Waals surface area contributed by atoms with E-state index < -0.39 is 85.5 Å². The Morgan fingerprint density at radius 3 is 2.20 bits per heavy atom. The number of hydrogen-bond donors (Lipinski definition) is 7. The highest BCUT2D eigenvalue weighted by atomic mass is 16.6. The van der Waals surface area contributed by atoms with Crippen molar-refractivity contribution < 1.29 is 49.1 Å². The zero-order valence-electron chi connectivity index (χ0n) is 16.5. The van der Waals surface area contributed by atoms with Gasteiger partial charge in [-0.2, -0.15) is 0 Å². The second-order valence-corrected chi connectivity index (χ2v) is 6.92. The fourth-order valence-corrected chi connectivity index (χ4v) is 2.97. The van der Waals surface area contributed by atoms with Gasteiger partial charge in [-0.1, -0.05) is 0 Å². The van der Waals surface area contributed by atoms with Crippen molar-refractivity contribution in [2.75, 3.05) is 6.61 Å². The van der Waals surface area contributed by atoms with E-state index in [-0.39, 0.29) is 0 Å². The summed E-state index contributed by atoms with van der Waals surface area (Å²) in [7, 11) is 0. The van der Waals surface area contributed by atoms with Crippen molar-refractivity contribution in [1.82, 2.24) is 4.90 Å². The van der Waals surface area contributed by atoms with Crippen LogP contribution in [0.15, 0.2) is 0 Å². The van der Waals surface area contributed by atoms with E-state index in [0.29, 0.717) is 4.90 Å². The molecule has 10 N–H and O–H groups in total. The molecule has 0 aromatic rings. The van der Waals surface area contributed by atoms with E-state index in [2.05, 4.69) is 0 Å². The summed E-state index contributed by atoms with van der Waals surface area (Å²) < 4.78 is 10.4. The van der Waals surface area contributed by atoms with Crippen LogP contribution in [0.25, 0.3) is 0 Å². The van der Waals surface area contributed by atoms with Crippen LogP contribution < -0.4 is 17.2 Å². The second kappa shape index (κ2) is 10.6. The first kappa shape index (κ1) is 25.7. The van der Waals surface area contributed by atoms with Crippen LogP contribution in [0.2, 0.25) is 0 Å². The highest BCUT2D eigenvalue weighted by molar-refractivity contribution is 5.89. The second-order valence-electron chi connectivity index (χ2n) is 6.92. The minimum absolute atomic E-state index is 0.689. The molecule has 1 heterocycles. The van der Waals surface area contributed by atoms with Crippen LogP contribution in [0.3, 0.4) is 0 Å². The SMILES string of the molecule is CC(=O)N(C1O[C@@H](CO)[C@H](O)[C@@H](O)[C@@H]1N)[C@@H](CC(N)=O)C(=O)O[C@H](C)[C@H](N)C(=O)O. The fourth-order valence-electron chi connectivity index (χ4n) is 2.97. The van der Waals surface area contributed by atoms with Gasteiger partial charge >= 0.3 is 11.9 Å². The molecule has 1 aliphatic heterocycles. The molecule has 1 fully saturated rings. The molecule has 14 heteroatoms. The molecule has 0 bridgehead atoms. The van der Waals surface area contributed by atoms with E-state index in [1.165, 1.54) is 6.92 Å². The number of ether oxygens (including phenoxy) is 2. The third-order valence-electron chi connectivity index (χ3n) is 4.68. The van der Waals surface area contributed by atoms with Gasteiger partial charge in [-0.3, -0.25) is 14.4 Å². The van der Waals surface area contributed by atoms with Crippen LogP contribution in [0.5, 0.6) is 0 Å². The number of primary amides is 1. The maximum Gasteiger partial charge on any atom is 0.329 e. The van der Waals surface area contributed by atoms with Gasteiger partial charge < -0.3 is 52.0 Å². The first-order valence-corrected chi connectivity index (χ1v) is 8.97. The Hall–Kier alpha value is -2.36. The van der Waals surface area contributed by atoms with Crippen LogP contribution in [0, 0.1) is 0 Å². The Balaban J connectivity index is 3.26. The molecule has 1 saturated heterocycles. The number of aliphatic carboxylic acids is 1. The summed E-state index contributed by atoms with van der Waals surface area (Å²) in [4.78, 5) is 48.2. The molecule has 1 aliphatic rings. The molecule has 2 amide bonds. The van der Waals surface area contributed by atoms with Crippen molar-refractivity contribution in [2.45, 2.75) is 69.0 Å². The van der Waals surface area contributed by atoms with Gasteiger partial charge in [0.2, 0.25) is 11.8 Å². The van der Waals surface area contributed by atoms with Gasteiger partial charge in [0.15, 0.2) is 6.23 Å². The van der Waals surface area contributed by atoms with Crippen LogP contribution >= 0.6 is 0 Å². The molecule has 8 atom stereocenters. The lowest BCUT2D eigenvalue weighted by Gasteiger charge is -2.46. The van der Waals surface area contributed by atoms with Crippen molar-refractivity contribution in [3.8, 4) is 0 Å². The minimum atomic E-state index is -1.71. The van der Waals surface area contributed by atoms with E-state index in [4.69, 9.17) is 31.8 Å². The van der Waals surface area contributed by atoms with Gasteiger partial charge in [-0.15, -0.1) is 0 Å². The van der Waals surface area contributed by atoms with Gasteiger partial charge in [-0.25, -0.2) is 4.79 Å². The normalized spacial score (nSPS) is 29.4. The molecular weight excluding hydrogens is 408 g/mol. The molecule has 0 aromatic heterocycles. The van der Waals surface area contributed by atoms with Gasteiger partial charge in [0.1, 0.15) is 36.5 Å².